The van der Waals surface area contributed by atoms with Crippen LogP contribution < -0.4 is 5.32 Å². The zero-order valence-electron chi connectivity index (χ0n) is 10.5. The predicted octanol–water partition coefficient (Wildman–Crippen LogP) is 3.39. The second-order valence-corrected chi connectivity index (χ2v) is 4.66. The summed E-state index contributed by atoms with van der Waals surface area (Å²) in [5.74, 6) is 0. The summed E-state index contributed by atoms with van der Waals surface area (Å²) < 4.78 is 0. The number of nitrogens with zero attached hydrogens (tertiary/aromatic N) is 1. The Morgan fingerprint density at radius 3 is 2.60 bits per heavy atom. The number of halogens is 1. The number of nitro benzene ring substituents is 1. The molecule has 0 radical (unpaired) electrons. The molecule has 2 N–H and O–H groups in total. The van der Waals surface area contributed by atoms with Crippen LogP contribution in [0.2, 0.25) is 5.02 Å². The number of nitro groups is 1. The highest BCUT2D eigenvalue weighted by atomic mass is 35.5. The van der Waals surface area contributed by atoms with Gasteiger partial charge in [-0.3, -0.25) is 10.1 Å². The van der Waals surface area contributed by atoms with Crippen LogP contribution in [-0.2, 0) is 0 Å². The van der Waals surface area contributed by atoms with Gasteiger partial charge in [-0.05, 0) is 17.7 Å². The summed E-state index contributed by atoms with van der Waals surface area (Å²) >= 11 is 5.83. The number of benzene rings is 2. The molecule has 20 heavy (non-hydrogen) atoms. The van der Waals surface area contributed by atoms with E-state index in [2.05, 4.69) is 5.32 Å². The largest absolute Gasteiger partial charge is 0.387 e. The number of anilines is 1. The predicted molar refractivity (Wildman–Crippen MR) is 78.0 cm³/mol. The van der Waals surface area contributed by atoms with Crippen molar-refractivity contribution in [3.8, 4) is 0 Å². The summed E-state index contributed by atoms with van der Waals surface area (Å²) in [7, 11) is 0. The fraction of sp³-hybridized carbons (Fsp3) is 0.143. The first kappa shape index (κ1) is 14.3. The van der Waals surface area contributed by atoms with Gasteiger partial charge in [0, 0.05) is 17.6 Å². The van der Waals surface area contributed by atoms with Crippen LogP contribution in [-0.4, -0.2) is 16.6 Å². The van der Waals surface area contributed by atoms with Crippen LogP contribution in [0, 0.1) is 10.1 Å². The Balaban J connectivity index is 2.11. The number of aliphatic hydroxyl groups excluding tert-OH is 1. The maximum atomic E-state index is 10.9. The number of rotatable bonds is 5. The fourth-order valence-electron chi connectivity index (χ4n) is 1.81. The Hall–Kier alpha value is -2.11. The molecule has 1 unspecified atom stereocenters. The zero-order valence-corrected chi connectivity index (χ0v) is 11.2. The van der Waals surface area contributed by atoms with Crippen molar-refractivity contribution >= 4 is 23.0 Å². The van der Waals surface area contributed by atoms with E-state index < -0.39 is 11.0 Å². The first-order valence-corrected chi connectivity index (χ1v) is 6.36. The lowest BCUT2D eigenvalue weighted by molar-refractivity contribution is -0.384. The molecule has 0 saturated heterocycles. The molecule has 104 valence electrons. The van der Waals surface area contributed by atoms with Crippen LogP contribution in [0.5, 0.6) is 0 Å². The zero-order chi connectivity index (χ0) is 14.5. The van der Waals surface area contributed by atoms with E-state index in [0.717, 1.165) is 5.56 Å². The van der Waals surface area contributed by atoms with E-state index in [9.17, 15) is 15.2 Å². The van der Waals surface area contributed by atoms with Crippen molar-refractivity contribution in [1.82, 2.24) is 0 Å². The number of aliphatic hydroxyl groups is 1. The molecule has 5 nitrogen and oxygen atoms in total. The molecule has 6 heteroatoms. The molecule has 2 aromatic carbocycles. The Morgan fingerprint density at radius 1 is 1.25 bits per heavy atom. The molecule has 0 aliphatic heterocycles. The second-order valence-electron chi connectivity index (χ2n) is 4.23. The Bertz CT molecular complexity index is 605. The minimum Gasteiger partial charge on any atom is -0.387 e. The highest BCUT2D eigenvalue weighted by Gasteiger charge is 2.15. The summed E-state index contributed by atoms with van der Waals surface area (Å²) in [5.41, 5.74) is 0.955. The van der Waals surface area contributed by atoms with Gasteiger partial charge in [0.25, 0.3) is 5.69 Å². The van der Waals surface area contributed by atoms with Crippen LogP contribution in [0.4, 0.5) is 11.4 Å². The van der Waals surface area contributed by atoms with Crippen molar-refractivity contribution in [2.45, 2.75) is 6.10 Å². The Morgan fingerprint density at radius 2 is 1.95 bits per heavy atom. The molecule has 0 fully saturated rings. The lowest BCUT2D eigenvalue weighted by Crippen LogP contribution is -2.13. The maximum absolute atomic E-state index is 10.9. The van der Waals surface area contributed by atoms with Crippen LogP contribution in [0.25, 0.3) is 0 Å². The third-order valence-electron chi connectivity index (χ3n) is 2.83. The van der Waals surface area contributed by atoms with Gasteiger partial charge >= 0.3 is 0 Å². The topological polar surface area (TPSA) is 75.4 Å². The molecule has 0 heterocycles. The number of hydrogen-bond donors (Lipinski definition) is 2. The molecule has 0 aliphatic carbocycles. The standard InChI is InChI=1S/C14H13ClN2O3/c15-11-6-7-13(17(19)20)12(8-11)16-9-14(18)10-4-2-1-3-5-10/h1-8,14,16,18H,9H2. The molecule has 2 aromatic rings. The van der Waals surface area contributed by atoms with Crippen molar-refractivity contribution in [3.63, 3.8) is 0 Å². The minimum atomic E-state index is -0.755. The molecule has 0 aromatic heterocycles. The molecule has 0 spiro atoms. The normalized spacial score (nSPS) is 11.9. The summed E-state index contributed by atoms with van der Waals surface area (Å²) in [4.78, 5) is 10.4. The number of hydrogen-bond acceptors (Lipinski definition) is 4. The minimum absolute atomic E-state index is 0.0744. The fourth-order valence-corrected chi connectivity index (χ4v) is 1.98. The second kappa shape index (κ2) is 6.36. The third-order valence-corrected chi connectivity index (χ3v) is 3.06. The van der Waals surface area contributed by atoms with Gasteiger partial charge in [0.05, 0.1) is 11.0 Å². The van der Waals surface area contributed by atoms with Gasteiger partial charge in [-0.1, -0.05) is 41.9 Å². The summed E-state index contributed by atoms with van der Waals surface area (Å²) in [5, 5.41) is 24.2. The monoisotopic (exact) mass is 292 g/mol. The maximum Gasteiger partial charge on any atom is 0.292 e. The molecule has 2 rings (SSSR count). The summed E-state index contributed by atoms with van der Waals surface area (Å²) in [6, 6.07) is 13.3. The van der Waals surface area contributed by atoms with Gasteiger partial charge in [0.15, 0.2) is 0 Å². The highest BCUT2D eigenvalue weighted by molar-refractivity contribution is 6.31. The number of nitrogens with one attached hydrogen (secondary N) is 1. The molecular formula is C14H13ClN2O3. The Kier molecular flexibility index (Phi) is 4.55. The van der Waals surface area contributed by atoms with Crippen molar-refractivity contribution in [3.05, 3.63) is 69.2 Å². The van der Waals surface area contributed by atoms with E-state index in [-0.39, 0.29) is 17.9 Å². The van der Waals surface area contributed by atoms with Gasteiger partial charge in [-0.2, -0.15) is 0 Å². The van der Waals surface area contributed by atoms with E-state index in [1.807, 2.05) is 18.2 Å². The Labute approximate surface area is 121 Å². The first-order valence-electron chi connectivity index (χ1n) is 5.99. The summed E-state index contributed by atoms with van der Waals surface area (Å²) in [6.07, 6.45) is -0.755. The SMILES string of the molecule is O=[N+]([O-])c1ccc(Cl)cc1NCC(O)c1ccccc1. The lowest BCUT2D eigenvalue weighted by atomic mass is 10.1. The highest BCUT2D eigenvalue weighted by Crippen LogP contribution is 2.28. The van der Waals surface area contributed by atoms with Crippen LogP contribution in [0.3, 0.4) is 0 Å². The molecule has 0 aliphatic rings. The quantitative estimate of drug-likeness (QED) is 0.654. The van der Waals surface area contributed by atoms with Gasteiger partial charge in [-0.25, -0.2) is 0 Å². The van der Waals surface area contributed by atoms with Crippen LogP contribution in [0.1, 0.15) is 11.7 Å². The molecule has 0 amide bonds. The van der Waals surface area contributed by atoms with E-state index in [1.54, 1.807) is 12.1 Å². The van der Waals surface area contributed by atoms with Crippen molar-refractivity contribution in [2.75, 3.05) is 11.9 Å². The van der Waals surface area contributed by atoms with Crippen molar-refractivity contribution < 1.29 is 10.0 Å². The molecule has 1 atom stereocenters. The molecular weight excluding hydrogens is 280 g/mol. The van der Waals surface area contributed by atoms with E-state index >= 15 is 0 Å². The van der Waals surface area contributed by atoms with Gasteiger partial charge in [0.2, 0.25) is 0 Å². The first-order chi connectivity index (χ1) is 9.58. The van der Waals surface area contributed by atoms with Crippen LogP contribution >= 0.6 is 11.6 Å². The molecule has 0 saturated carbocycles. The average Bonchev–Trinajstić information content (AvgIpc) is 2.45. The van der Waals surface area contributed by atoms with Crippen LogP contribution in [0.15, 0.2) is 48.5 Å². The van der Waals surface area contributed by atoms with Gasteiger partial charge < -0.3 is 10.4 Å². The van der Waals surface area contributed by atoms with E-state index in [4.69, 9.17) is 11.6 Å². The third kappa shape index (κ3) is 3.46. The average molecular weight is 293 g/mol. The summed E-state index contributed by atoms with van der Waals surface area (Å²) in [6.45, 7) is 0.158. The van der Waals surface area contributed by atoms with Gasteiger partial charge in [-0.15, -0.1) is 0 Å². The van der Waals surface area contributed by atoms with Crippen molar-refractivity contribution in [2.24, 2.45) is 0 Å². The smallest absolute Gasteiger partial charge is 0.292 e. The van der Waals surface area contributed by atoms with Gasteiger partial charge in [0.1, 0.15) is 5.69 Å². The lowest BCUT2D eigenvalue weighted by Gasteiger charge is -2.13. The van der Waals surface area contributed by atoms with E-state index in [0.29, 0.717) is 5.02 Å². The van der Waals surface area contributed by atoms with Crippen molar-refractivity contribution in [1.29, 1.82) is 0 Å². The van der Waals surface area contributed by atoms with E-state index in [1.165, 1.54) is 18.2 Å². The molecule has 0 bridgehead atoms.